The summed E-state index contributed by atoms with van der Waals surface area (Å²) in [5, 5.41) is 0. The number of Topliss-reactive ketones (excluding diaryl/α,β-unsaturated/α-hetero) is 1. The van der Waals surface area contributed by atoms with E-state index in [1.807, 2.05) is 4.90 Å². The molecule has 2 fully saturated rings. The van der Waals surface area contributed by atoms with Crippen molar-refractivity contribution in [2.75, 3.05) is 29.5 Å². The second-order valence-electron chi connectivity index (χ2n) is 8.04. The van der Waals surface area contributed by atoms with Crippen LogP contribution in [0.5, 0.6) is 0 Å². The number of anilines is 2. The van der Waals surface area contributed by atoms with Gasteiger partial charge in [-0.25, -0.2) is 0 Å². The molecule has 164 valence electrons. The summed E-state index contributed by atoms with van der Waals surface area (Å²) in [6.45, 7) is 0.371. The highest BCUT2D eigenvalue weighted by molar-refractivity contribution is 5.98. The van der Waals surface area contributed by atoms with E-state index < -0.39 is 30.1 Å². The van der Waals surface area contributed by atoms with Crippen LogP contribution in [-0.4, -0.2) is 64.4 Å². The number of pyridine rings is 1. The predicted molar refractivity (Wildman–Crippen MR) is 104 cm³/mol. The number of alkyl halides is 3. The van der Waals surface area contributed by atoms with Gasteiger partial charge in [-0.3, -0.25) is 19.1 Å². The molecule has 0 amide bonds. The van der Waals surface area contributed by atoms with Crippen molar-refractivity contribution in [1.82, 2.24) is 14.5 Å². The summed E-state index contributed by atoms with van der Waals surface area (Å²) >= 11 is 0. The Kier molecular flexibility index (Phi) is 4.72. The summed E-state index contributed by atoms with van der Waals surface area (Å²) in [5.41, 5.74) is -0.226. The number of ether oxygens (including phenoxy) is 1. The topological polar surface area (TPSA) is 80.6 Å². The van der Waals surface area contributed by atoms with Gasteiger partial charge < -0.3 is 14.5 Å². The molecule has 2 aromatic heterocycles. The van der Waals surface area contributed by atoms with Crippen molar-refractivity contribution in [3.8, 4) is 0 Å². The van der Waals surface area contributed by atoms with E-state index in [0.29, 0.717) is 19.0 Å². The molecule has 8 nitrogen and oxygen atoms in total. The van der Waals surface area contributed by atoms with E-state index >= 15 is 0 Å². The zero-order valence-corrected chi connectivity index (χ0v) is 16.5. The summed E-state index contributed by atoms with van der Waals surface area (Å²) < 4.78 is 48.3. The quantitative estimate of drug-likeness (QED) is 0.676. The van der Waals surface area contributed by atoms with Crippen LogP contribution >= 0.6 is 0 Å². The third-order valence-corrected chi connectivity index (χ3v) is 6.10. The number of ketones is 1. The molecule has 31 heavy (non-hydrogen) atoms. The first-order chi connectivity index (χ1) is 14.8. The van der Waals surface area contributed by atoms with Crippen molar-refractivity contribution < 1.29 is 22.7 Å². The Morgan fingerprint density at radius 2 is 2.16 bits per heavy atom. The zero-order valence-electron chi connectivity index (χ0n) is 16.5. The van der Waals surface area contributed by atoms with E-state index in [2.05, 4.69) is 9.97 Å². The van der Waals surface area contributed by atoms with Gasteiger partial charge in [0.15, 0.2) is 5.78 Å². The molecule has 0 radical (unpaired) electrons. The predicted octanol–water partition coefficient (Wildman–Crippen LogP) is 1.64. The summed E-state index contributed by atoms with van der Waals surface area (Å²) in [6.07, 6.45) is -1.28. The maximum absolute atomic E-state index is 13.9. The Bertz CT molecular complexity index is 1060. The second-order valence-corrected chi connectivity index (χ2v) is 8.04. The summed E-state index contributed by atoms with van der Waals surface area (Å²) in [4.78, 5) is 36.6. The first-order valence-electron chi connectivity index (χ1n) is 10.1. The third-order valence-electron chi connectivity index (χ3n) is 6.10. The molecule has 11 heteroatoms. The van der Waals surface area contributed by atoms with Crippen molar-refractivity contribution in [2.45, 2.75) is 43.8 Å². The number of carbonyl (C=O) groups excluding carboxylic acids is 1. The lowest BCUT2D eigenvalue weighted by Gasteiger charge is -2.39. The molecular weight excluding hydrogens is 415 g/mol. The van der Waals surface area contributed by atoms with Crippen LogP contribution < -0.4 is 15.4 Å². The lowest BCUT2D eigenvalue weighted by Crippen LogP contribution is -2.54. The average molecular weight is 435 g/mol. The molecule has 2 bridgehead atoms. The summed E-state index contributed by atoms with van der Waals surface area (Å²) in [7, 11) is 0. The second kappa shape index (κ2) is 7.33. The SMILES string of the molecule is O=C(CN1c2nc(N3C[C@@H]4C[C@H]3CO4)cc(=O)n2CC[C@H]1C(F)(F)F)c1cccnc1. The number of hydrogen-bond acceptors (Lipinski definition) is 7. The van der Waals surface area contributed by atoms with Crippen LogP contribution in [0.25, 0.3) is 0 Å². The van der Waals surface area contributed by atoms with Gasteiger partial charge in [-0.1, -0.05) is 0 Å². The van der Waals surface area contributed by atoms with E-state index in [4.69, 9.17) is 4.74 Å². The number of morpholine rings is 1. The monoisotopic (exact) mass is 435 g/mol. The molecule has 0 aliphatic carbocycles. The standard InChI is InChI=1S/C20H20F3N5O3/c21-20(22,23)16-3-5-26-18(30)7-17(27-9-14-6-13(27)11-31-14)25-19(26)28(16)10-15(29)12-2-1-4-24-8-12/h1-2,4,7-8,13-14,16H,3,5-6,9-11H2/t13-,14-,16-/m0/s1. The van der Waals surface area contributed by atoms with Crippen molar-refractivity contribution >= 4 is 17.5 Å². The van der Waals surface area contributed by atoms with Crippen molar-refractivity contribution in [3.63, 3.8) is 0 Å². The Labute approximate surface area is 175 Å². The van der Waals surface area contributed by atoms with Gasteiger partial charge in [-0.2, -0.15) is 18.2 Å². The normalized spacial score (nSPS) is 25.1. The van der Waals surface area contributed by atoms with Crippen LogP contribution in [0.3, 0.4) is 0 Å². The van der Waals surface area contributed by atoms with Crippen LogP contribution in [-0.2, 0) is 11.3 Å². The lowest BCUT2D eigenvalue weighted by atomic mass is 10.1. The summed E-state index contributed by atoms with van der Waals surface area (Å²) in [5.74, 6) is -0.324. The highest BCUT2D eigenvalue weighted by atomic mass is 19.4. The number of fused-ring (bicyclic) bond motifs is 3. The van der Waals surface area contributed by atoms with E-state index in [9.17, 15) is 22.8 Å². The Hall–Kier alpha value is -2.95. The minimum absolute atomic E-state index is 0.0387. The maximum Gasteiger partial charge on any atom is 0.408 e. The van der Waals surface area contributed by atoms with Crippen LogP contribution in [0.4, 0.5) is 24.9 Å². The minimum Gasteiger partial charge on any atom is -0.374 e. The Balaban J connectivity index is 1.54. The van der Waals surface area contributed by atoms with Crippen LogP contribution in [0.15, 0.2) is 35.4 Å². The van der Waals surface area contributed by atoms with Crippen molar-refractivity contribution in [3.05, 3.63) is 46.5 Å². The Morgan fingerprint density at radius 1 is 1.32 bits per heavy atom. The van der Waals surface area contributed by atoms with Gasteiger partial charge in [-0.05, 0) is 25.0 Å². The smallest absolute Gasteiger partial charge is 0.374 e. The molecule has 0 aromatic carbocycles. The average Bonchev–Trinajstić information content (AvgIpc) is 3.37. The fraction of sp³-hybridized carbons (Fsp3) is 0.500. The number of nitrogens with zero attached hydrogens (tertiary/aromatic N) is 5. The Morgan fingerprint density at radius 3 is 2.81 bits per heavy atom. The lowest BCUT2D eigenvalue weighted by molar-refractivity contribution is -0.152. The molecule has 3 atom stereocenters. The highest BCUT2D eigenvalue weighted by Crippen LogP contribution is 2.36. The van der Waals surface area contributed by atoms with E-state index in [-0.39, 0.29) is 36.6 Å². The fourth-order valence-electron chi connectivity index (χ4n) is 4.58. The van der Waals surface area contributed by atoms with Gasteiger partial charge in [0.1, 0.15) is 11.9 Å². The number of aromatic nitrogens is 3. The third kappa shape index (κ3) is 3.56. The molecule has 2 aromatic rings. The minimum atomic E-state index is -4.57. The molecule has 5 rings (SSSR count). The number of carbonyl (C=O) groups is 1. The van der Waals surface area contributed by atoms with Crippen LogP contribution in [0.1, 0.15) is 23.2 Å². The summed E-state index contributed by atoms with van der Waals surface area (Å²) in [6, 6.07) is 2.55. The van der Waals surface area contributed by atoms with Gasteiger partial charge in [0.05, 0.1) is 25.3 Å². The fourth-order valence-corrected chi connectivity index (χ4v) is 4.58. The maximum atomic E-state index is 13.9. The highest BCUT2D eigenvalue weighted by Gasteiger charge is 2.48. The molecule has 0 spiro atoms. The largest absolute Gasteiger partial charge is 0.408 e. The molecule has 0 saturated carbocycles. The van der Waals surface area contributed by atoms with Crippen LogP contribution in [0, 0.1) is 0 Å². The molecule has 0 unspecified atom stereocenters. The first-order valence-corrected chi connectivity index (χ1v) is 10.1. The molecule has 3 aliphatic heterocycles. The van der Waals surface area contributed by atoms with E-state index in [0.717, 1.165) is 11.3 Å². The number of halogens is 3. The van der Waals surface area contributed by atoms with Gasteiger partial charge in [0.2, 0.25) is 5.95 Å². The van der Waals surface area contributed by atoms with Gasteiger partial charge in [-0.15, -0.1) is 0 Å². The van der Waals surface area contributed by atoms with Gasteiger partial charge >= 0.3 is 6.18 Å². The number of hydrogen-bond donors (Lipinski definition) is 0. The molecule has 0 N–H and O–H groups in total. The van der Waals surface area contributed by atoms with E-state index in [1.165, 1.54) is 29.1 Å². The molecule has 3 aliphatic rings. The van der Waals surface area contributed by atoms with Crippen LogP contribution in [0.2, 0.25) is 0 Å². The van der Waals surface area contributed by atoms with Crippen molar-refractivity contribution in [2.24, 2.45) is 0 Å². The molecule has 5 heterocycles. The molecule has 2 saturated heterocycles. The van der Waals surface area contributed by atoms with E-state index in [1.54, 1.807) is 6.07 Å². The molecular formula is C20H20F3N5O3. The van der Waals surface area contributed by atoms with Gasteiger partial charge in [0.25, 0.3) is 5.56 Å². The first kappa shape index (κ1) is 20.0. The number of rotatable bonds is 4. The van der Waals surface area contributed by atoms with Gasteiger partial charge in [0, 0.05) is 37.1 Å². The van der Waals surface area contributed by atoms with Crippen molar-refractivity contribution in [1.29, 1.82) is 0 Å². The zero-order chi connectivity index (χ0) is 21.8.